The van der Waals surface area contributed by atoms with Crippen molar-refractivity contribution in [2.45, 2.75) is 133 Å². The average molecular weight is 592 g/mol. The van der Waals surface area contributed by atoms with Crippen LogP contribution >= 0.6 is 0 Å². The van der Waals surface area contributed by atoms with Gasteiger partial charge in [-0.3, -0.25) is 4.79 Å². The van der Waals surface area contributed by atoms with E-state index in [-0.39, 0.29) is 30.3 Å². The third-order valence-electron chi connectivity index (χ3n) is 12.6. The predicted molar refractivity (Wildman–Crippen MR) is 161 cm³/mol. The van der Waals surface area contributed by atoms with E-state index in [1.807, 2.05) is 24.5 Å². The molecule has 9 heteroatoms. The number of hydrogen-bond donors (Lipinski definition) is 1. The number of carbonyl (C=O) groups excluding carboxylic acids is 1. The Labute approximate surface area is 255 Å². The summed E-state index contributed by atoms with van der Waals surface area (Å²) in [4.78, 5) is 14.1. The molecule has 10 atom stereocenters. The van der Waals surface area contributed by atoms with E-state index >= 15 is 0 Å². The fourth-order valence-corrected chi connectivity index (χ4v) is 9.41. The van der Waals surface area contributed by atoms with E-state index in [0.717, 1.165) is 35.8 Å². The molecule has 4 aliphatic heterocycles. The lowest BCUT2D eigenvalue weighted by molar-refractivity contribution is -0.288. The van der Waals surface area contributed by atoms with Crippen LogP contribution in [-0.2, 0) is 28.3 Å². The maximum atomic E-state index is 14.1. The van der Waals surface area contributed by atoms with E-state index in [0.29, 0.717) is 24.2 Å². The summed E-state index contributed by atoms with van der Waals surface area (Å²) in [5.74, 6) is 0.819. The summed E-state index contributed by atoms with van der Waals surface area (Å²) < 4.78 is 39.2. The largest absolute Gasteiger partial charge is 0.485 e. The van der Waals surface area contributed by atoms with E-state index < -0.39 is 41.4 Å². The Kier molecular flexibility index (Phi) is 6.04. The van der Waals surface area contributed by atoms with Gasteiger partial charge in [-0.1, -0.05) is 32.0 Å². The molecule has 232 valence electrons. The molecular weight excluding hydrogens is 545 g/mol. The molecule has 1 aromatic heterocycles. The molecule has 6 aliphatic rings. The minimum Gasteiger partial charge on any atom is -0.464 e. The second-order valence-electron chi connectivity index (χ2n) is 15.7. The molecular formula is C34H46BNO7. The fraction of sp³-hybridized carbons (Fsp3) is 0.735. The van der Waals surface area contributed by atoms with Gasteiger partial charge in [-0.2, -0.15) is 0 Å². The normalized spacial score (nSPS) is 45.7. The lowest BCUT2D eigenvalue weighted by Crippen LogP contribution is -2.66. The number of amides is 1. The molecule has 1 aromatic carbocycles. The molecule has 1 spiro atoms. The highest BCUT2D eigenvalue weighted by Gasteiger charge is 2.73. The van der Waals surface area contributed by atoms with Gasteiger partial charge in [0.2, 0.25) is 5.91 Å². The number of rotatable bonds is 5. The van der Waals surface area contributed by atoms with Crippen LogP contribution < -0.4 is 5.32 Å². The zero-order valence-corrected chi connectivity index (χ0v) is 26.6. The van der Waals surface area contributed by atoms with Crippen molar-refractivity contribution in [3.8, 4) is 0 Å². The van der Waals surface area contributed by atoms with Gasteiger partial charge in [0.1, 0.15) is 11.2 Å². The monoisotopic (exact) mass is 591 g/mol. The molecule has 4 saturated heterocycles. The molecule has 6 fully saturated rings. The minimum atomic E-state index is -0.698. The number of para-hydroxylation sites is 1. The van der Waals surface area contributed by atoms with Crippen molar-refractivity contribution in [1.82, 2.24) is 5.32 Å². The first-order valence-corrected chi connectivity index (χ1v) is 16.4. The maximum Gasteiger partial charge on any atom is 0.485 e. The van der Waals surface area contributed by atoms with E-state index in [4.69, 9.17) is 27.9 Å². The van der Waals surface area contributed by atoms with E-state index in [2.05, 4.69) is 59.8 Å². The Bertz CT molecular complexity index is 1440. The molecule has 1 amide bonds. The second-order valence-corrected chi connectivity index (χ2v) is 15.7. The van der Waals surface area contributed by atoms with E-state index in [9.17, 15) is 4.79 Å². The quantitative estimate of drug-likeness (QED) is 0.420. The first-order valence-electron chi connectivity index (χ1n) is 16.4. The van der Waals surface area contributed by atoms with Crippen LogP contribution in [0.25, 0.3) is 11.0 Å². The van der Waals surface area contributed by atoms with Crippen molar-refractivity contribution in [2.24, 2.45) is 23.7 Å². The van der Waals surface area contributed by atoms with E-state index in [1.54, 1.807) is 0 Å². The first-order chi connectivity index (χ1) is 20.3. The zero-order valence-electron chi connectivity index (χ0n) is 26.6. The van der Waals surface area contributed by atoms with Gasteiger partial charge in [-0.25, -0.2) is 0 Å². The van der Waals surface area contributed by atoms with Crippen molar-refractivity contribution in [2.75, 3.05) is 0 Å². The molecule has 2 saturated carbocycles. The van der Waals surface area contributed by atoms with Gasteiger partial charge in [0, 0.05) is 23.3 Å². The van der Waals surface area contributed by atoms with Gasteiger partial charge in [-0.05, 0) is 90.0 Å². The molecule has 1 N–H and O–H groups in total. The van der Waals surface area contributed by atoms with Crippen LogP contribution in [0.15, 0.2) is 34.9 Å². The highest BCUT2D eigenvalue weighted by molar-refractivity contribution is 6.52. The molecule has 8 rings (SSSR count). The summed E-state index contributed by atoms with van der Waals surface area (Å²) in [6.45, 7) is 14.9. The lowest BCUT2D eigenvalue weighted by atomic mass is 9.56. The third-order valence-corrected chi connectivity index (χ3v) is 12.6. The summed E-state index contributed by atoms with van der Waals surface area (Å²) in [5, 5.41) is 4.51. The molecule has 2 bridgehead atoms. The Hall–Kier alpha value is -1.91. The maximum absolute atomic E-state index is 14.1. The number of hydrogen-bond acceptors (Lipinski definition) is 7. The van der Waals surface area contributed by atoms with Crippen LogP contribution in [-0.4, -0.2) is 53.4 Å². The van der Waals surface area contributed by atoms with Gasteiger partial charge < -0.3 is 33.3 Å². The van der Waals surface area contributed by atoms with Crippen LogP contribution in [0, 0.1) is 23.7 Å². The average Bonchev–Trinajstić information content (AvgIpc) is 3.27. The number of nitrogens with one attached hydrogen (secondary N) is 1. The Morgan fingerprint density at radius 1 is 1.00 bits per heavy atom. The molecule has 5 heterocycles. The summed E-state index contributed by atoms with van der Waals surface area (Å²) in [7, 11) is -0.584. The molecule has 2 aromatic rings. The van der Waals surface area contributed by atoms with Crippen molar-refractivity contribution in [3.63, 3.8) is 0 Å². The highest BCUT2D eigenvalue weighted by atomic mass is 16.8. The molecule has 1 unspecified atom stereocenters. The molecule has 8 nitrogen and oxygen atoms in total. The summed E-state index contributed by atoms with van der Waals surface area (Å²) in [5.41, 5.74) is -0.220. The summed E-state index contributed by atoms with van der Waals surface area (Å²) in [6.07, 6.45) is 6.34. The minimum absolute atomic E-state index is 0.00844. The van der Waals surface area contributed by atoms with Gasteiger partial charge in [-0.15, -0.1) is 0 Å². The third kappa shape index (κ3) is 3.97. The summed E-state index contributed by atoms with van der Waals surface area (Å²) >= 11 is 0. The Morgan fingerprint density at radius 3 is 2.51 bits per heavy atom. The van der Waals surface area contributed by atoms with Crippen LogP contribution in [0.1, 0.15) is 98.5 Å². The van der Waals surface area contributed by atoms with E-state index in [1.165, 1.54) is 6.42 Å². The van der Waals surface area contributed by atoms with Crippen LogP contribution in [0.2, 0.25) is 0 Å². The Balaban J connectivity index is 1.06. The number of carbonyl (C=O) groups is 1. The molecule has 2 aliphatic carbocycles. The van der Waals surface area contributed by atoms with Gasteiger partial charge in [0.25, 0.3) is 0 Å². The number of furan rings is 1. The zero-order chi connectivity index (χ0) is 30.2. The topological polar surface area (TPSA) is 88.4 Å². The second kappa shape index (κ2) is 9.09. The first kappa shape index (κ1) is 28.6. The van der Waals surface area contributed by atoms with Crippen LogP contribution in [0.3, 0.4) is 0 Å². The predicted octanol–water partition coefficient (Wildman–Crippen LogP) is 6.12. The molecule has 0 radical (unpaired) electrons. The smallest absolute Gasteiger partial charge is 0.464 e. The lowest BCUT2D eigenvalue weighted by Gasteiger charge is -2.58. The molecule has 43 heavy (non-hydrogen) atoms. The fourth-order valence-electron chi connectivity index (χ4n) is 9.41. The van der Waals surface area contributed by atoms with Gasteiger partial charge in [0.15, 0.2) is 12.1 Å². The van der Waals surface area contributed by atoms with Gasteiger partial charge in [0.05, 0.1) is 35.4 Å². The number of benzene rings is 1. The van der Waals surface area contributed by atoms with Crippen molar-refractivity contribution >= 4 is 24.0 Å². The van der Waals surface area contributed by atoms with Crippen LogP contribution in [0.5, 0.6) is 0 Å². The number of ether oxygens (including phenoxy) is 3. The van der Waals surface area contributed by atoms with Crippen molar-refractivity contribution in [3.05, 3.63) is 36.1 Å². The van der Waals surface area contributed by atoms with Crippen molar-refractivity contribution in [1.29, 1.82) is 0 Å². The van der Waals surface area contributed by atoms with Gasteiger partial charge >= 0.3 is 7.12 Å². The van der Waals surface area contributed by atoms with Crippen LogP contribution in [0.4, 0.5) is 0 Å². The SMILES string of the molecule is C[C@H]1[C@@H](CC(=O)NC2(B3OC(C)(C)C(C)(C)O3)C[C@H]2c2coc3ccccc23)O[C@@H]2O[C@@]3(C)CC[C@H]4[C@H](C)CC[C@@H]1[C@@]24O3. The van der Waals surface area contributed by atoms with Crippen molar-refractivity contribution < 1.29 is 32.7 Å². The standard InChI is InChI=1S/C34H46BNO7/c1-19-12-13-24-20(2)27(39-29-34(24)23(19)14-15-32(7,40-29)41-34)16-28(37)36-33(35-42-30(3,4)31(5,6)43-35)17-25(33)22-18-38-26-11-9-8-10-21(22)26/h8-11,18-20,23-25,27,29H,12-17H2,1-7H3,(H,36,37)/t19-,20-,23+,24+,25+,27-,29-,32-,33?,34-/m1/s1. The highest BCUT2D eigenvalue weighted by Crippen LogP contribution is 2.64. The number of fused-ring (bicyclic) bond motifs is 2. The summed E-state index contributed by atoms with van der Waals surface area (Å²) in [6, 6.07) is 8.05. The Morgan fingerprint density at radius 2 is 1.74 bits per heavy atom.